The molecular weight excluding hydrogens is 605 g/mol. The van der Waals surface area contributed by atoms with Gasteiger partial charge < -0.3 is 9.47 Å². The molecule has 0 bridgehead atoms. The smallest absolute Gasteiger partial charge is 0.0561 e. The summed E-state index contributed by atoms with van der Waals surface area (Å²) < 4.78 is 2.38. The average Bonchev–Trinajstić information content (AvgIpc) is 3.53. The number of rotatable bonds is 7. The predicted octanol–water partition coefficient (Wildman–Crippen LogP) is 13.3. The van der Waals surface area contributed by atoms with Crippen molar-refractivity contribution in [2.75, 3.05) is 4.90 Å². The SMILES string of the molecule is c1ccc(-c2cc(-c3ccccc3)cc(-c3ccc(N(c4ccccc4)c4ccc5c6ccccc6n(-c6ccccc6)c5c4)cc3)c2)cc1. The van der Waals surface area contributed by atoms with Crippen LogP contribution in [0.2, 0.25) is 0 Å². The van der Waals surface area contributed by atoms with E-state index in [2.05, 4.69) is 216 Å². The summed E-state index contributed by atoms with van der Waals surface area (Å²) in [6.45, 7) is 0. The van der Waals surface area contributed by atoms with E-state index < -0.39 is 0 Å². The van der Waals surface area contributed by atoms with Crippen LogP contribution in [0.25, 0.3) is 60.9 Å². The Morgan fingerprint density at radius 2 is 0.720 bits per heavy atom. The van der Waals surface area contributed by atoms with E-state index in [1.807, 2.05) is 0 Å². The van der Waals surface area contributed by atoms with Crippen LogP contribution in [0.15, 0.2) is 206 Å². The molecule has 2 nitrogen and oxygen atoms in total. The molecule has 2 heteroatoms. The van der Waals surface area contributed by atoms with Crippen molar-refractivity contribution in [3.8, 4) is 39.1 Å². The first-order chi connectivity index (χ1) is 24.8. The summed E-state index contributed by atoms with van der Waals surface area (Å²) in [5.74, 6) is 0. The van der Waals surface area contributed by atoms with Crippen molar-refractivity contribution in [3.05, 3.63) is 206 Å². The van der Waals surface area contributed by atoms with Crippen LogP contribution in [0, 0.1) is 0 Å². The molecular formula is C48H34N2. The first-order valence-electron chi connectivity index (χ1n) is 17.1. The van der Waals surface area contributed by atoms with Crippen LogP contribution in [0.4, 0.5) is 17.1 Å². The lowest BCUT2D eigenvalue weighted by Crippen LogP contribution is -2.10. The molecule has 0 radical (unpaired) electrons. The summed E-state index contributed by atoms with van der Waals surface area (Å²) in [5, 5.41) is 2.49. The molecule has 0 saturated heterocycles. The van der Waals surface area contributed by atoms with Gasteiger partial charge in [0.2, 0.25) is 0 Å². The number of fused-ring (bicyclic) bond motifs is 3. The third-order valence-corrected chi connectivity index (χ3v) is 9.55. The maximum absolute atomic E-state index is 2.38. The summed E-state index contributed by atoms with van der Waals surface area (Å²) in [4.78, 5) is 2.35. The van der Waals surface area contributed by atoms with Crippen LogP contribution in [0.3, 0.4) is 0 Å². The zero-order valence-corrected chi connectivity index (χ0v) is 27.5. The summed E-state index contributed by atoms with van der Waals surface area (Å²) in [6, 6.07) is 74.1. The van der Waals surface area contributed by atoms with E-state index in [0.717, 1.165) is 22.7 Å². The zero-order valence-electron chi connectivity index (χ0n) is 27.5. The van der Waals surface area contributed by atoms with Gasteiger partial charge in [-0.25, -0.2) is 0 Å². The summed E-state index contributed by atoms with van der Waals surface area (Å²) in [7, 11) is 0. The fourth-order valence-corrected chi connectivity index (χ4v) is 7.17. The highest BCUT2D eigenvalue weighted by molar-refractivity contribution is 6.10. The fourth-order valence-electron chi connectivity index (χ4n) is 7.17. The Morgan fingerprint density at radius 3 is 1.32 bits per heavy atom. The van der Waals surface area contributed by atoms with Crippen molar-refractivity contribution in [1.29, 1.82) is 0 Å². The Bertz CT molecular complexity index is 2500. The number of benzene rings is 8. The van der Waals surface area contributed by atoms with E-state index in [9.17, 15) is 0 Å². The van der Waals surface area contributed by atoms with Crippen molar-refractivity contribution < 1.29 is 0 Å². The van der Waals surface area contributed by atoms with Crippen LogP contribution in [-0.2, 0) is 0 Å². The molecule has 1 aromatic heterocycles. The largest absolute Gasteiger partial charge is 0.310 e. The third-order valence-electron chi connectivity index (χ3n) is 9.55. The van der Waals surface area contributed by atoms with Crippen LogP contribution < -0.4 is 4.90 Å². The van der Waals surface area contributed by atoms with Gasteiger partial charge in [0.1, 0.15) is 0 Å². The Hall–Kier alpha value is -6.64. The second-order valence-corrected chi connectivity index (χ2v) is 12.6. The second-order valence-electron chi connectivity index (χ2n) is 12.6. The first kappa shape index (κ1) is 29.5. The van der Waals surface area contributed by atoms with Crippen molar-refractivity contribution in [3.63, 3.8) is 0 Å². The third kappa shape index (κ3) is 5.43. The fraction of sp³-hybridized carbons (Fsp3) is 0. The molecule has 0 fully saturated rings. The molecule has 1 heterocycles. The molecule has 50 heavy (non-hydrogen) atoms. The molecule has 8 aromatic carbocycles. The predicted molar refractivity (Wildman–Crippen MR) is 212 cm³/mol. The maximum Gasteiger partial charge on any atom is 0.0561 e. The van der Waals surface area contributed by atoms with E-state index in [1.165, 1.54) is 55.2 Å². The highest BCUT2D eigenvalue weighted by atomic mass is 15.1. The van der Waals surface area contributed by atoms with Crippen LogP contribution >= 0.6 is 0 Å². The van der Waals surface area contributed by atoms with E-state index in [0.29, 0.717) is 0 Å². The number of hydrogen-bond donors (Lipinski definition) is 0. The number of anilines is 3. The van der Waals surface area contributed by atoms with E-state index in [-0.39, 0.29) is 0 Å². The van der Waals surface area contributed by atoms with Gasteiger partial charge in [0.15, 0.2) is 0 Å². The normalized spacial score (nSPS) is 11.2. The number of nitrogens with zero attached hydrogens (tertiary/aromatic N) is 2. The topological polar surface area (TPSA) is 8.17 Å². The lowest BCUT2D eigenvalue weighted by atomic mass is 9.93. The van der Waals surface area contributed by atoms with Gasteiger partial charge in [0, 0.05) is 33.5 Å². The first-order valence-corrected chi connectivity index (χ1v) is 17.1. The van der Waals surface area contributed by atoms with Gasteiger partial charge in [-0.3, -0.25) is 0 Å². The number of hydrogen-bond acceptors (Lipinski definition) is 1. The molecule has 0 unspecified atom stereocenters. The van der Waals surface area contributed by atoms with Crippen LogP contribution in [-0.4, -0.2) is 4.57 Å². The molecule has 236 valence electrons. The molecule has 0 aliphatic heterocycles. The molecule has 0 aliphatic rings. The Balaban J connectivity index is 1.17. The summed E-state index contributed by atoms with van der Waals surface area (Å²) in [6.07, 6.45) is 0. The molecule has 0 aliphatic carbocycles. The van der Waals surface area contributed by atoms with E-state index in [4.69, 9.17) is 0 Å². The van der Waals surface area contributed by atoms with Gasteiger partial charge in [0.25, 0.3) is 0 Å². The second kappa shape index (κ2) is 12.8. The molecule has 9 aromatic rings. The average molecular weight is 639 g/mol. The standard InChI is InChI=1S/C48H34N2/c1-5-15-35(16-6-1)38-31-39(36-17-7-2-8-18-36)33-40(32-38)37-25-27-43(28-26-37)49(41-19-9-3-10-20-41)44-29-30-46-45-23-13-14-24-47(45)50(48(46)34-44)42-21-11-4-12-22-42/h1-34H. The van der Waals surface area contributed by atoms with Gasteiger partial charge in [-0.05, 0) is 106 Å². The van der Waals surface area contributed by atoms with Crippen molar-refractivity contribution in [1.82, 2.24) is 4.57 Å². The number of para-hydroxylation sites is 3. The molecule has 9 rings (SSSR count). The lowest BCUT2D eigenvalue weighted by Gasteiger charge is -2.26. The minimum absolute atomic E-state index is 1.10. The highest BCUT2D eigenvalue weighted by Crippen LogP contribution is 2.40. The summed E-state index contributed by atoms with van der Waals surface area (Å²) in [5.41, 5.74) is 14.1. The van der Waals surface area contributed by atoms with Crippen LogP contribution in [0.1, 0.15) is 0 Å². The molecule has 0 saturated carbocycles. The van der Waals surface area contributed by atoms with Gasteiger partial charge in [-0.15, -0.1) is 0 Å². The van der Waals surface area contributed by atoms with E-state index in [1.54, 1.807) is 0 Å². The van der Waals surface area contributed by atoms with Crippen LogP contribution in [0.5, 0.6) is 0 Å². The summed E-state index contributed by atoms with van der Waals surface area (Å²) >= 11 is 0. The Labute approximate surface area is 292 Å². The molecule has 0 spiro atoms. The minimum Gasteiger partial charge on any atom is -0.310 e. The number of aromatic nitrogens is 1. The van der Waals surface area contributed by atoms with E-state index >= 15 is 0 Å². The highest BCUT2D eigenvalue weighted by Gasteiger charge is 2.17. The van der Waals surface area contributed by atoms with Crippen molar-refractivity contribution in [2.45, 2.75) is 0 Å². The molecule has 0 atom stereocenters. The molecule has 0 amide bonds. The molecule has 0 N–H and O–H groups in total. The van der Waals surface area contributed by atoms with Crippen molar-refractivity contribution in [2.24, 2.45) is 0 Å². The Morgan fingerprint density at radius 1 is 0.280 bits per heavy atom. The monoisotopic (exact) mass is 638 g/mol. The quantitative estimate of drug-likeness (QED) is 0.169. The van der Waals surface area contributed by atoms with Gasteiger partial charge in [-0.2, -0.15) is 0 Å². The van der Waals surface area contributed by atoms with Gasteiger partial charge in [0.05, 0.1) is 11.0 Å². The van der Waals surface area contributed by atoms with Crippen molar-refractivity contribution >= 4 is 38.9 Å². The minimum atomic E-state index is 1.10. The zero-order chi connectivity index (χ0) is 33.3. The lowest BCUT2D eigenvalue weighted by molar-refractivity contribution is 1.18. The van der Waals surface area contributed by atoms with Gasteiger partial charge >= 0.3 is 0 Å². The van der Waals surface area contributed by atoms with Gasteiger partial charge in [-0.1, -0.05) is 133 Å². The Kier molecular flexibility index (Phi) is 7.53. The maximum atomic E-state index is 2.38.